The van der Waals surface area contributed by atoms with Crippen LogP contribution in [0.2, 0.25) is 0 Å². The zero-order chi connectivity index (χ0) is 22.0. The van der Waals surface area contributed by atoms with E-state index in [1.54, 1.807) is 0 Å². The Morgan fingerprint density at radius 2 is 2.20 bits per heavy atom. The Morgan fingerprint density at radius 1 is 1.47 bits per heavy atom. The molecule has 1 aromatic rings. The molecule has 0 bridgehead atoms. The van der Waals surface area contributed by atoms with Gasteiger partial charge in [0, 0.05) is 16.7 Å². The first-order chi connectivity index (χ1) is 14.2. The minimum absolute atomic E-state index is 0.0417. The predicted octanol–water partition coefficient (Wildman–Crippen LogP) is -1.89. The third-order valence-corrected chi connectivity index (χ3v) is 5.95. The number of nitrogens with two attached hydrogens (primary N) is 2. The van der Waals surface area contributed by atoms with Crippen molar-refractivity contribution in [3.63, 3.8) is 0 Å². The number of rotatable bonds is 6. The quantitative estimate of drug-likeness (QED) is 0.0831. The molecule has 1 fully saturated rings. The number of carboxylic acid groups (broad SMARTS) is 1. The maximum Gasteiger partial charge on any atom is 0.353 e. The predicted molar refractivity (Wildman–Crippen MR) is 108 cm³/mol. The van der Waals surface area contributed by atoms with Crippen LogP contribution in [0.25, 0.3) is 0 Å². The lowest BCUT2D eigenvalue weighted by Gasteiger charge is -2.49. The molecule has 3 heterocycles. The Morgan fingerprint density at radius 3 is 2.77 bits per heavy atom. The van der Waals surface area contributed by atoms with E-state index < -0.39 is 40.9 Å². The maximum atomic E-state index is 12.6. The van der Waals surface area contributed by atoms with Gasteiger partial charge in [-0.1, -0.05) is 5.16 Å². The number of aromatic nitrogens is 1. The van der Waals surface area contributed by atoms with Crippen LogP contribution < -0.4 is 22.2 Å². The first kappa shape index (κ1) is 21.1. The van der Waals surface area contributed by atoms with Crippen LogP contribution in [0, 0.1) is 5.41 Å². The van der Waals surface area contributed by atoms with E-state index in [4.69, 9.17) is 22.1 Å². The molecule has 0 aromatic carbocycles. The van der Waals surface area contributed by atoms with Crippen molar-refractivity contribution in [2.45, 2.75) is 11.4 Å². The molecule has 2 atom stereocenters. The topological polar surface area (TPSA) is 232 Å². The number of nitrogens with zero attached hydrogens (tertiary/aromatic N) is 4. The SMILES string of the molecule is N=C(N)NN=CC1=C(C(=O)O)N2C(=O)C(NC(=O)/C(=N\O)c3csc(N)n3)[C@@H]2SC1. The number of β-lactam (4-membered cyclic amide) rings is 1. The summed E-state index contributed by atoms with van der Waals surface area (Å²) < 4.78 is 0. The van der Waals surface area contributed by atoms with Gasteiger partial charge in [-0.15, -0.1) is 23.1 Å². The molecule has 0 radical (unpaired) electrons. The van der Waals surface area contributed by atoms with Crippen LogP contribution in [0.15, 0.2) is 26.9 Å². The van der Waals surface area contributed by atoms with Crippen LogP contribution in [0.4, 0.5) is 5.13 Å². The largest absolute Gasteiger partial charge is 0.477 e. The van der Waals surface area contributed by atoms with Crippen molar-refractivity contribution >= 4 is 63.9 Å². The summed E-state index contributed by atoms with van der Waals surface area (Å²) in [4.78, 5) is 41.6. The number of fused-ring (bicyclic) bond motifs is 1. The highest BCUT2D eigenvalue weighted by molar-refractivity contribution is 8.00. The fourth-order valence-corrected chi connectivity index (χ4v) is 4.59. The smallest absolute Gasteiger partial charge is 0.353 e. The van der Waals surface area contributed by atoms with E-state index in [2.05, 4.69) is 26.0 Å². The molecule has 14 nitrogen and oxygen atoms in total. The van der Waals surface area contributed by atoms with Gasteiger partial charge in [0.15, 0.2) is 10.8 Å². The van der Waals surface area contributed by atoms with E-state index in [0.717, 1.165) is 22.5 Å². The number of hydrogen-bond acceptors (Lipinski definition) is 11. The van der Waals surface area contributed by atoms with Crippen molar-refractivity contribution in [2.24, 2.45) is 16.0 Å². The number of thiazole rings is 1. The minimum Gasteiger partial charge on any atom is -0.477 e. The van der Waals surface area contributed by atoms with Gasteiger partial charge >= 0.3 is 5.97 Å². The zero-order valence-corrected chi connectivity index (χ0v) is 16.5. The highest BCUT2D eigenvalue weighted by Gasteiger charge is 2.54. The number of carboxylic acids is 1. The molecule has 1 aromatic heterocycles. The van der Waals surface area contributed by atoms with Gasteiger partial charge in [-0.05, 0) is 0 Å². The molecular weight excluding hydrogens is 438 g/mol. The van der Waals surface area contributed by atoms with E-state index in [0.29, 0.717) is 0 Å². The number of aliphatic carboxylic acids is 1. The summed E-state index contributed by atoms with van der Waals surface area (Å²) in [5, 5.41) is 35.6. The van der Waals surface area contributed by atoms with Crippen LogP contribution in [0.3, 0.4) is 0 Å². The third kappa shape index (κ3) is 3.90. The van der Waals surface area contributed by atoms with Crippen molar-refractivity contribution in [3.05, 3.63) is 22.3 Å². The summed E-state index contributed by atoms with van der Waals surface area (Å²) in [5.74, 6) is -3.12. The Kier molecular flexibility index (Phi) is 5.88. The van der Waals surface area contributed by atoms with Gasteiger partial charge < -0.3 is 27.1 Å². The van der Waals surface area contributed by atoms with Crippen molar-refractivity contribution in [2.75, 3.05) is 11.5 Å². The molecule has 0 saturated carbocycles. The fraction of sp³-hybridized carbons (Fsp3) is 0.214. The first-order valence-corrected chi connectivity index (χ1v) is 9.96. The van der Waals surface area contributed by atoms with Crippen molar-refractivity contribution in [1.29, 1.82) is 5.41 Å². The molecule has 9 N–H and O–H groups in total. The number of nitrogens with one attached hydrogen (secondary N) is 3. The van der Waals surface area contributed by atoms with Gasteiger partial charge in [-0.25, -0.2) is 15.2 Å². The summed E-state index contributed by atoms with van der Waals surface area (Å²) >= 11 is 2.24. The van der Waals surface area contributed by atoms with Crippen molar-refractivity contribution in [1.82, 2.24) is 20.6 Å². The number of carbonyl (C=O) groups is 3. The van der Waals surface area contributed by atoms with E-state index >= 15 is 0 Å². The fourth-order valence-electron chi connectivity index (χ4n) is 2.74. The van der Waals surface area contributed by atoms with E-state index in [1.165, 1.54) is 17.1 Å². The molecule has 2 aliphatic heterocycles. The number of nitrogen functional groups attached to an aromatic ring is 1. The zero-order valence-electron chi connectivity index (χ0n) is 14.9. The number of carbonyl (C=O) groups excluding carboxylic acids is 2. The lowest BCUT2D eigenvalue weighted by Crippen LogP contribution is -2.71. The normalized spacial score (nSPS) is 21.3. The van der Waals surface area contributed by atoms with Crippen LogP contribution in [-0.2, 0) is 14.4 Å². The minimum atomic E-state index is -1.35. The van der Waals surface area contributed by atoms with E-state index in [9.17, 15) is 19.5 Å². The standard InChI is InChI=1S/C14H15N9O5S2/c15-13(16)21-18-1-4-2-29-11-7(10(25)23(11)8(4)12(26)27)20-9(24)6(22-28)5-3-30-14(17)19-5/h1,3,7,11,28H,2H2,(H2,17,19)(H,20,24)(H,26,27)(H4,15,16,21)/b18-1?,22-6-/t7?,11-/m0/s1. The van der Waals surface area contributed by atoms with Crippen LogP contribution >= 0.6 is 23.1 Å². The summed E-state index contributed by atoms with van der Waals surface area (Å²) in [6.07, 6.45) is 1.16. The van der Waals surface area contributed by atoms with Gasteiger partial charge in [0.1, 0.15) is 22.8 Å². The van der Waals surface area contributed by atoms with Crippen molar-refractivity contribution < 1.29 is 24.7 Å². The second kappa shape index (κ2) is 8.37. The highest BCUT2D eigenvalue weighted by atomic mass is 32.2. The molecule has 158 valence electrons. The van der Waals surface area contributed by atoms with E-state index in [-0.39, 0.29) is 27.8 Å². The molecule has 2 aliphatic rings. The van der Waals surface area contributed by atoms with Crippen molar-refractivity contribution in [3.8, 4) is 0 Å². The number of guanidine groups is 1. The van der Waals surface area contributed by atoms with Gasteiger partial charge in [0.25, 0.3) is 11.8 Å². The van der Waals surface area contributed by atoms with Gasteiger partial charge in [-0.3, -0.25) is 19.9 Å². The lowest BCUT2D eigenvalue weighted by molar-refractivity contribution is -0.150. The molecule has 0 spiro atoms. The molecule has 0 aliphatic carbocycles. The number of thioether (sulfide) groups is 1. The number of hydrazone groups is 1. The average molecular weight is 453 g/mol. The molecule has 30 heavy (non-hydrogen) atoms. The van der Waals surface area contributed by atoms with E-state index in [1.807, 2.05) is 0 Å². The molecule has 1 saturated heterocycles. The number of anilines is 1. The third-order valence-electron chi connectivity index (χ3n) is 3.97. The Bertz CT molecular complexity index is 1020. The van der Waals surface area contributed by atoms with Gasteiger partial charge in [0.2, 0.25) is 5.96 Å². The Hall–Kier alpha value is -3.66. The molecular formula is C14H15N9O5S2. The monoisotopic (exact) mass is 453 g/mol. The summed E-state index contributed by atoms with van der Waals surface area (Å²) in [6.45, 7) is 0. The first-order valence-electron chi connectivity index (χ1n) is 8.03. The second-order valence-corrected chi connectivity index (χ2v) is 7.84. The number of oxime groups is 1. The van der Waals surface area contributed by atoms with Crippen LogP contribution in [0.1, 0.15) is 5.69 Å². The Balaban J connectivity index is 1.77. The maximum absolute atomic E-state index is 12.6. The van der Waals surface area contributed by atoms with Gasteiger partial charge in [0.05, 0.1) is 6.21 Å². The molecule has 1 unspecified atom stereocenters. The van der Waals surface area contributed by atoms with Gasteiger partial charge in [-0.2, -0.15) is 5.10 Å². The number of amides is 2. The average Bonchev–Trinajstić information content (AvgIpc) is 3.11. The molecule has 3 rings (SSSR count). The highest BCUT2D eigenvalue weighted by Crippen LogP contribution is 2.39. The lowest BCUT2D eigenvalue weighted by atomic mass is 10.0. The molecule has 16 heteroatoms. The second-order valence-electron chi connectivity index (χ2n) is 5.84. The number of hydrogen-bond donors (Lipinski definition) is 7. The summed E-state index contributed by atoms with van der Waals surface area (Å²) in [5.41, 5.74) is 12.3. The molecule has 2 amide bonds. The summed E-state index contributed by atoms with van der Waals surface area (Å²) in [7, 11) is 0. The summed E-state index contributed by atoms with van der Waals surface area (Å²) in [6, 6.07) is -1.03. The van der Waals surface area contributed by atoms with Crippen LogP contribution in [-0.4, -0.2) is 73.0 Å². The van der Waals surface area contributed by atoms with Crippen LogP contribution in [0.5, 0.6) is 0 Å². The Labute approximate surface area is 176 Å².